The molecule has 0 aromatic carbocycles. The van der Waals surface area contributed by atoms with Crippen LogP contribution in [0, 0.1) is 0 Å². The molecule has 14 heavy (non-hydrogen) atoms. The summed E-state index contributed by atoms with van der Waals surface area (Å²) in [6.45, 7) is 3.93. The third kappa shape index (κ3) is 1.86. The van der Waals surface area contributed by atoms with Gasteiger partial charge in [-0.05, 0) is 13.8 Å². The highest BCUT2D eigenvalue weighted by atomic mass is 16.4. The lowest BCUT2D eigenvalue weighted by atomic mass is 10.4. The maximum atomic E-state index is 10.7. The largest absolute Gasteiger partial charge is 0.476 e. The Bertz CT molecular complexity index is 316. The molecule has 78 valence electrons. The zero-order valence-corrected chi connectivity index (χ0v) is 8.85. The van der Waals surface area contributed by atoms with Crippen molar-refractivity contribution in [3.63, 3.8) is 0 Å². The molecule has 0 unspecified atom stereocenters. The Morgan fingerprint density at radius 2 is 2.14 bits per heavy atom. The molecule has 0 aliphatic rings. The summed E-state index contributed by atoms with van der Waals surface area (Å²) in [5.74, 6) is -0.190. The van der Waals surface area contributed by atoms with Crippen LogP contribution in [-0.2, 0) is 0 Å². The highest BCUT2D eigenvalue weighted by Gasteiger charge is 2.15. The van der Waals surface area contributed by atoms with Crippen LogP contribution in [0.5, 0.6) is 0 Å². The van der Waals surface area contributed by atoms with E-state index in [0.29, 0.717) is 0 Å². The zero-order chi connectivity index (χ0) is 10.9. The minimum Gasteiger partial charge on any atom is -0.476 e. The molecule has 0 amide bonds. The summed E-state index contributed by atoms with van der Waals surface area (Å²) >= 11 is 0. The van der Waals surface area contributed by atoms with Gasteiger partial charge in [-0.2, -0.15) is 5.10 Å². The van der Waals surface area contributed by atoms with E-state index in [-0.39, 0.29) is 11.7 Å². The molecule has 1 aromatic rings. The maximum absolute atomic E-state index is 10.7. The van der Waals surface area contributed by atoms with E-state index in [9.17, 15) is 4.79 Å². The highest BCUT2D eigenvalue weighted by Crippen LogP contribution is 2.18. The van der Waals surface area contributed by atoms with Gasteiger partial charge in [-0.1, -0.05) is 0 Å². The van der Waals surface area contributed by atoms with E-state index in [1.807, 2.05) is 32.8 Å². The van der Waals surface area contributed by atoms with Gasteiger partial charge in [-0.25, -0.2) is 9.48 Å². The molecule has 1 heterocycles. The van der Waals surface area contributed by atoms with Crippen LogP contribution in [-0.4, -0.2) is 35.0 Å². The summed E-state index contributed by atoms with van der Waals surface area (Å²) in [5.41, 5.74) is 0.0856. The summed E-state index contributed by atoms with van der Waals surface area (Å²) in [5, 5.41) is 12.8. The van der Waals surface area contributed by atoms with Crippen LogP contribution in [0.15, 0.2) is 6.07 Å². The first-order valence-corrected chi connectivity index (χ1v) is 4.43. The van der Waals surface area contributed by atoms with Crippen molar-refractivity contribution in [2.75, 3.05) is 19.0 Å². The molecule has 0 aliphatic heterocycles. The quantitative estimate of drug-likeness (QED) is 0.791. The molecule has 5 heteroatoms. The number of carboxylic acid groups (broad SMARTS) is 1. The number of anilines is 1. The number of hydrogen-bond acceptors (Lipinski definition) is 3. The third-order valence-electron chi connectivity index (χ3n) is 1.88. The predicted octanol–water partition coefficient (Wildman–Crippen LogP) is 1.23. The second kappa shape index (κ2) is 3.69. The lowest BCUT2D eigenvalue weighted by molar-refractivity contribution is 0.0689. The fourth-order valence-corrected chi connectivity index (χ4v) is 1.20. The summed E-state index contributed by atoms with van der Waals surface area (Å²) in [7, 11) is 3.73. The minimum absolute atomic E-state index is 0.0856. The van der Waals surface area contributed by atoms with Crippen molar-refractivity contribution in [1.82, 2.24) is 9.78 Å². The number of carboxylic acids is 1. The van der Waals surface area contributed by atoms with Crippen LogP contribution < -0.4 is 4.90 Å². The van der Waals surface area contributed by atoms with Crippen molar-refractivity contribution < 1.29 is 9.90 Å². The van der Waals surface area contributed by atoms with Gasteiger partial charge < -0.3 is 10.0 Å². The number of hydrogen-bond donors (Lipinski definition) is 1. The van der Waals surface area contributed by atoms with Crippen LogP contribution in [0.3, 0.4) is 0 Å². The van der Waals surface area contributed by atoms with E-state index in [2.05, 4.69) is 5.10 Å². The van der Waals surface area contributed by atoms with Crippen molar-refractivity contribution in [3.8, 4) is 0 Å². The maximum Gasteiger partial charge on any atom is 0.356 e. The van der Waals surface area contributed by atoms with Crippen molar-refractivity contribution in [2.24, 2.45) is 0 Å². The molecule has 0 radical (unpaired) electrons. The molecule has 0 spiro atoms. The van der Waals surface area contributed by atoms with Crippen LogP contribution in [0.2, 0.25) is 0 Å². The first-order valence-electron chi connectivity index (χ1n) is 4.43. The molecule has 1 rings (SSSR count). The molecular formula is C9H15N3O2. The Balaban J connectivity index is 3.19. The first-order chi connectivity index (χ1) is 6.43. The van der Waals surface area contributed by atoms with Gasteiger partial charge in [-0.3, -0.25) is 0 Å². The first kappa shape index (κ1) is 10.6. The Kier molecular flexibility index (Phi) is 2.78. The van der Waals surface area contributed by atoms with Gasteiger partial charge in [0.2, 0.25) is 0 Å². The summed E-state index contributed by atoms with van der Waals surface area (Å²) in [6.07, 6.45) is 0. The van der Waals surface area contributed by atoms with Gasteiger partial charge in [0.1, 0.15) is 5.82 Å². The summed E-state index contributed by atoms with van der Waals surface area (Å²) < 4.78 is 1.70. The number of aromatic carboxylic acids is 1. The van der Waals surface area contributed by atoms with Gasteiger partial charge in [0, 0.05) is 26.2 Å². The zero-order valence-electron chi connectivity index (χ0n) is 8.85. The Morgan fingerprint density at radius 3 is 2.43 bits per heavy atom. The van der Waals surface area contributed by atoms with E-state index < -0.39 is 5.97 Å². The second-order valence-electron chi connectivity index (χ2n) is 3.63. The van der Waals surface area contributed by atoms with E-state index in [0.717, 1.165) is 5.82 Å². The van der Waals surface area contributed by atoms with Crippen molar-refractivity contribution in [1.29, 1.82) is 0 Å². The van der Waals surface area contributed by atoms with Crippen LogP contribution in [0.25, 0.3) is 0 Å². The molecule has 0 aliphatic carbocycles. The Morgan fingerprint density at radius 1 is 1.57 bits per heavy atom. The fourth-order valence-electron chi connectivity index (χ4n) is 1.20. The average molecular weight is 197 g/mol. The number of carbonyl (C=O) groups is 1. The number of nitrogens with zero attached hydrogens (tertiary/aromatic N) is 3. The van der Waals surface area contributed by atoms with Crippen LogP contribution in [0.4, 0.5) is 5.82 Å². The molecule has 1 aromatic heterocycles. The molecular weight excluding hydrogens is 182 g/mol. The molecule has 5 nitrogen and oxygen atoms in total. The van der Waals surface area contributed by atoms with Crippen LogP contribution in [0.1, 0.15) is 30.4 Å². The monoisotopic (exact) mass is 197 g/mol. The average Bonchev–Trinajstić information content (AvgIpc) is 2.47. The number of aromatic nitrogens is 2. The van der Waals surface area contributed by atoms with Gasteiger partial charge in [-0.15, -0.1) is 0 Å². The second-order valence-corrected chi connectivity index (χ2v) is 3.63. The lowest BCUT2D eigenvalue weighted by Crippen LogP contribution is -2.16. The van der Waals surface area contributed by atoms with Gasteiger partial charge in [0.05, 0.1) is 0 Å². The van der Waals surface area contributed by atoms with E-state index in [1.165, 1.54) is 0 Å². The molecule has 0 atom stereocenters. The molecule has 0 saturated heterocycles. The number of rotatable bonds is 3. The molecule has 0 bridgehead atoms. The Labute approximate surface area is 82.9 Å². The molecule has 1 N–H and O–H groups in total. The van der Waals surface area contributed by atoms with E-state index in [1.54, 1.807) is 10.7 Å². The lowest BCUT2D eigenvalue weighted by Gasteiger charge is -2.16. The summed E-state index contributed by atoms with van der Waals surface area (Å²) in [4.78, 5) is 12.6. The topological polar surface area (TPSA) is 58.4 Å². The highest BCUT2D eigenvalue weighted by molar-refractivity contribution is 5.86. The standard InChI is InChI=1S/C9H15N3O2/c1-6(2)12-8(11(3)4)5-7(10-12)9(13)14/h5-6H,1-4H3,(H,13,14). The van der Waals surface area contributed by atoms with Gasteiger partial charge in [0.15, 0.2) is 5.69 Å². The van der Waals surface area contributed by atoms with Crippen LogP contribution >= 0.6 is 0 Å². The molecule has 0 saturated carbocycles. The molecule has 0 fully saturated rings. The third-order valence-corrected chi connectivity index (χ3v) is 1.88. The SMILES string of the molecule is CC(C)n1nc(C(=O)O)cc1N(C)C. The minimum atomic E-state index is -0.993. The van der Waals surface area contributed by atoms with Gasteiger partial charge >= 0.3 is 5.97 Å². The van der Waals surface area contributed by atoms with Crippen molar-refractivity contribution >= 4 is 11.8 Å². The van der Waals surface area contributed by atoms with Crippen molar-refractivity contribution in [2.45, 2.75) is 19.9 Å². The predicted molar refractivity (Wildman–Crippen MR) is 53.9 cm³/mol. The Hall–Kier alpha value is -1.52. The van der Waals surface area contributed by atoms with E-state index >= 15 is 0 Å². The van der Waals surface area contributed by atoms with E-state index in [4.69, 9.17) is 5.11 Å². The van der Waals surface area contributed by atoms with Crippen molar-refractivity contribution in [3.05, 3.63) is 11.8 Å². The van der Waals surface area contributed by atoms with Gasteiger partial charge in [0.25, 0.3) is 0 Å². The normalized spacial score (nSPS) is 10.6. The fraction of sp³-hybridized carbons (Fsp3) is 0.556. The summed E-state index contributed by atoms with van der Waals surface area (Å²) in [6, 6.07) is 1.72. The smallest absolute Gasteiger partial charge is 0.356 e.